The van der Waals surface area contributed by atoms with E-state index in [9.17, 15) is 14.7 Å². The van der Waals surface area contributed by atoms with Gasteiger partial charge in [-0.2, -0.15) is 0 Å². The molecule has 0 aliphatic heterocycles. The molecular weight excluding hydrogens is 520 g/mol. The fourth-order valence-electron chi connectivity index (χ4n) is 6.96. The largest absolute Gasteiger partial charge is 0.481 e. The maximum atomic E-state index is 13.2. The van der Waals surface area contributed by atoms with E-state index in [0.29, 0.717) is 0 Å². The Balaban J connectivity index is 5.27. The summed E-state index contributed by atoms with van der Waals surface area (Å²) >= 11 is 0. The molecule has 4 heteroatoms. The lowest BCUT2D eigenvalue weighted by Gasteiger charge is -2.38. The highest BCUT2D eigenvalue weighted by Crippen LogP contribution is 2.45. The molecule has 250 valence electrons. The Kier molecular flexibility index (Phi) is 29.2. The SMILES string of the molecule is CCCCCCCCCCCCC(CCCCCCCC)(C(=O)O)C(CCCCCCCC)CCCCCCC(=O)O. The number of hydrogen-bond donors (Lipinski definition) is 2. The number of unbranched alkanes of at least 4 members (excludes halogenated alkanes) is 22. The van der Waals surface area contributed by atoms with Crippen LogP contribution in [0.15, 0.2) is 0 Å². The van der Waals surface area contributed by atoms with Crippen molar-refractivity contribution in [3.05, 3.63) is 0 Å². The summed E-state index contributed by atoms with van der Waals surface area (Å²) in [7, 11) is 0. The fourth-order valence-corrected chi connectivity index (χ4v) is 6.96. The van der Waals surface area contributed by atoms with Gasteiger partial charge in [-0.1, -0.05) is 181 Å². The Labute approximate surface area is 262 Å². The molecule has 4 nitrogen and oxygen atoms in total. The molecule has 42 heavy (non-hydrogen) atoms. The van der Waals surface area contributed by atoms with E-state index in [0.717, 1.165) is 77.0 Å². The molecule has 0 saturated carbocycles. The topological polar surface area (TPSA) is 74.6 Å². The van der Waals surface area contributed by atoms with Crippen molar-refractivity contribution in [2.75, 3.05) is 0 Å². The van der Waals surface area contributed by atoms with E-state index in [1.54, 1.807) is 0 Å². The first kappa shape index (κ1) is 40.9. The molecule has 0 aliphatic rings. The molecule has 2 N–H and O–H groups in total. The van der Waals surface area contributed by atoms with Crippen LogP contribution in [0.1, 0.15) is 220 Å². The van der Waals surface area contributed by atoms with E-state index < -0.39 is 17.4 Å². The third-order valence-electron chi connectivity index (χ3n) is 9.76. The summed E-state index contributed by atoms with van der Waals surface area (Å²) in [5.74, 6) is -1.00. The van der Waals surface area contributed by atoms with Gasteiger partial charge in [0.1, 0.15) is 0 Å². The van der Waals surface area contributed by atoms with Gasteiger partial charge in [0.2, 0.25) is 0 Å². The van der Waals surface area contributed by atoms with Crippen LogP contribution in [0.2, 0.25) is 0 Å². The lowest BCUT2D eigenvalue weighted by molar-refractivity contribution is -0.155. The number of rotatable bonds is 34. The summed E-state index contributed by atoms with van der Waals surface area (Å²) in [6.45, 7) is 6.77. The summed E-state index contributed by atoms with van der Waals surface area (Å²) in [6, 6.07) is 0. The van der Waals surface area contributed by atoms with Gasteiger partial charge in [-0.15, -0.1) is 0 Å². The average molecular weight is 595 g/mol. The zero-order valence-electron chi connectivity index (χ0n) is 28.7. The molecule has 0 amide bonds. The average Bonchev–Trinajstić information content (AvgIpc) is 2.97. The minimum atomic E-state index is -0.712. The highest BCUT2D eigenvalue weighted by atomic mass is 16.4. The van der Waals surface area contributed by atoms with Crippen LogP contribution in [0, 0.1) is 11.3 Å². The first-order valence-corrected chi connectivity index (χ1v) is 18.9. The molecular formula is C38H74O4. The summed E-state index contributed by atoms with van der Waals surface area (Å²) in [6.07, 6.45) is 35.2. The molecule has 0 aromatic carbocycles. The molecule has 0 saturated heterocycles. The monoisotopic (exact) mass is 595 g/mol. The van der Waals surface area contributed by atoms with E-state index in [-0.39, 0.29) is 12.3 Å². The number of carboxylic acid groups (broad SMARTS) is 2. The molecule has 0 heterocycles. The maximum absolute atomic E-state index is 13.2. The van der Waals surface area contributed by atoms with Crippen LogP contribution in [-0.4, -0.2) is 22.2 Å². The quantitative estimate of drug-likeness (QED) is 0.0727. The van der Waals surface area contributed by atoms with Crippen LogP contribution in [0.5, 0.6) is 0 Å². The normalized spacial score (nSPS) is 13.7. The molecule has 0 radical (unpaired) electrons. The first-order chi connectivity index (χ1) is 20.4. The van der Waals surface area contributed by atoms with E-state index in [1.807, 2.05) is 0 Å². The van der Waals surface area contributed by atoms with Gasteiger partial charge in [-0.05, 0) is 38.0 Å². The van der Waals surface area contributed by atoms with E-state index >= 15 is 0 Å². The fraction of sp³-hybridized carbons (Fsp3) is 0.947. The molecule has 2 atom stereocenters. The summed E-state index contributed by atoms with van der Waals surface area (Å²) < 4.78 is 0. The predicted octanol–water partition coefficient (Wildman–Crippen LogP) is 12.9. The molecule has 0 aromatic rings. The number of carboxylic acids is 2. The van der Waals surface area contributed by atoms with Gasteiger partial charge < -0.3 is 10.2 Å². The second-order valence-corrected chi connectivity index (χ2v) is 13.5. The highest BCUT2D eigenvalue weighted by molar-refractivity contribution is 5.75. The summed E-state index contributed by atoms with van der Waals surface area (Å²) in [5, 5.41) is 19.9. The Morgan fingerprint density at radius 3 is 1.10 bits per heavy atom. The molecule has 0 aromatic heterocycles. The number of aliphatic carboxylic acids is 2. The molecule has 2 unspecified atom stereocenters. The molecule has 0 fully saturated rings. The van der Waals surface area contributed by atoms with Crippen molar-refractivity contribution >= 4 is 11.9 Å². The zero-order valence-corrected chi connectivity index (χ0v) is 28.7. The third kappa shape index (κ3) is 22.5. The van der Waals surface area contributed by atoms with E-state index in [1.165, 1.54) is 116 Å². The van der Waals surface area contributed by atoms with E-state index in [4.69, 9.17) is 5.11 Å². The molecule has 0 bridgehead atoms. The number of hydrogen-bond acceptors (Lipinski definition) is 2. The van der Waals surface area contributed by atoms with Crippen molar-refractivity contribution in [3.63, 3.8) is 0 Å². The van der Waals surface area contributed by atoms with Gasteiger partial charge in [-0.3, -0.25) is 9.59 Å². The maximum Gasteiger partial charge on any atom is 0.309 e. The van der Waals surface area contributed by atoms with Crippen molar-refractivity contribution in [3.8, 4) is 0 Å². The van der Waals surface area contributed by atoms with Crippen molar-refractivity contribution in [1.82, 2.24) is 0 Å². The van der Waals surface area contributed by atoms with Crippen LogP contribution >= 0.6 is 0 Å². The lowest BCUT2D eigenvalue weighted by Crippen LogP contribution is -2.39. The van der Waals surface area contributed by atoms with Crippen LogP contribution < -0.4 is 0 Å². The van der Waals surface area contributed by atoms with Crippen molar-refractivity contribution in [2.45, 2.75) is 220 Å². The Morgan fingerprint density at radius 2 is 0.762 bits per heavy atom. The van der Waals surface area contributed by atoms with Crippen molar-refractivity contribution in [2.24, 2.45) is 11.3 Å². The van der Waals surface area contributed by atoms with Crippen LogP contribution in [0.25, 0.3) is 0 Å². The minimum absolute atomic E-state index is 0.245. The standard InChI is InChI=1S/C38H74O4/c1-4-7-10-13-16-17-18-19-24-29-34-38(37(41)42,33-28-23-15-12-9-6-3)35(30-25-20-14-11-8-5-2)31-26-21-22-27-32-36(39)40/h35H,4-34H2,1-3H3,(H,39,40)(H,41,42). The van der Waals surface area contributed by atoms with Crippen LogP contribution in [0.4, 0.5) is 0 Å². The van der Waals surface area contributed by atoms with E-state index in [2.05, 4.69) is 20.8 Å². The van der Waals surface area contributed by atoms with Gasteiger partial charge in [0, 0.05) is 6.42 Å². The van der Waals surface area contributed by atoms with Gasteiger partial charge in [0.15, 0.2) is 0 Å². The third-order valence-corrected chi connectivity index (χ3v) is 9.76. The summed E-state index contributed by atoms with van der Waals surface area (Å²) in [5.41, 5.74) is -0.588. The predicted molar refractivity (Wildman–Crippen MR) is 181 cm³/mol. The first-order valence-electron chi connectivity index (χ1n) is 18.9. The second kappa shape index (κ2) is 30.0. The lowest BCUT2D eigenvalue weighted by atomic mass is 9.65. The smallest absolute Gasteiger partial charge is 0.309 e. The van der Waals surface area contributed by atoms with Gasteiger partial charge >= 0.3 is 11.9 Å². The van der Waals surface area contributed by atoms with Crippen molar-refractivity contribution in [1.29, 1.82) is 0 Å². The number of carbonyl (C=O) groups is 2. The Morgan fingerprint density at radius 1 is 0.452 bits per heavy atom. The summed E-state index contributed by atoms with van der Waals surface area (Å²) in [4.78, 5) is 24.2. The van der Waals surface area contributed by atoms with Crippen LogP contribution in [-0.2, 0) is 9.59 Å². The minimum Gasteiger partial charge on any atom is -0.481 e. The molecule has 0 rings (SSSR count). The van der Waals surface area contributed by atoms with Crippen molar-refractivity contribution < 1.29 is 19.8 Å². The Hall–Kier alpha value is -1.06. The highest BCUT2D eigenvalue weighted by Gasteiger charge is 2.43. The van der Waals surface area contributed by atoms with Crippen LogP contribution in [0.3, 0.4) is 0 Å². The molecule has 0 spiro atoms. The molecule has 0 aliphatic carbocycles. The van der Waals surface area contributed by atoms with Gasteiger partial charge in [0.05, 0.1) is 5.41 Å². The van der Waals surface area contributed by atoms with Gasteiger partial charge in [0.25, 0.3) is 0 Å². The second-order valence-electron chi connectivity index (χ2n) is 13.5. The van der Waals surface area contributed by atoms with Gasteiger partial charge in [-0.25, -0.2) is 0 Å². The Bertz CT molecular complexity index is 604. The zero-order chi connectivity index (χ0) is 31.2.